The molecular formula is C18H17ClFNO3. The number of halogens is 2. The van der Waals surface area contributed by atoms with Crippen molar-refractivity contribution in [2.75, 3.05) is 11.5 Å². The van der Waals surface area contributed by atoms with Crippen molar-refractivity contribution in [1.82, 2.24) is 0 Å². The number of hydrogen-bond donors (Lipinski definition) is 0. The number of amides is 1. The summed E-state index contributed by atoms with van der Waals surface area (Å²) in [4.78, 5) is 26.2. The lowest BCUT2D eigenvalue weighted by Crippen LogP contribution is -2.44. The van der Waals surface area contributed by atoms with Gasteiger partial charge in [0.1, 0.15) is 11.9 Å². The van der Waals surface area contributed by atoms with Gasteiger partial charge in [-0.3, -0.25) is 9.69 Å². The Morgan fingerprint density at radius 2 is 1.88 bits per heavy atom. The molecule has 2 rings (SSSR count). The van der Waals surface area contributed by atoms with E-state index in [0.717, 1.165) is 6.07 Å². The number of benzene rings is 2. The Labute approximate surface area is 144 Å². The van der Waals surface area contributed by atoms with Crippen molar-refractivity contribution in [3.63, 3.8) is 0 Å². The summed E-state index contributed by atoms with van der Waals surface area (Å²) >= 11 is 5.82. The maximum Gasteiger partial charge on any atom is 0.328 e. The highest BCUT2D eigenvalue weighted by Crippen LogP contribution is 2.26. The number of anilines is 1. The Morgan fingerprint density at radius 3 is 2.46 bits per heavy atom. The fourth-order valence-electron chi connectivity index (χ4n) is 2.24. The Kier molecular flexibility index (Phi) is 5.93. The fraction of sp³-hybridized carbons (Fsp3) is 0.222. The molecule has 0 spiro atoms. The normalized spacial score (nSPS) is 11.7. The van der Waals surface area contributed by atoms with E-state index in [0.29, 0.717) is 11.3 Å². The smallest absolute Gasteiger partial charge is 0.328 e. The predicted molar refractivity (Wildman–Crippen MR) is 90.8 cm³/mol. The lowest BCUT2D eigenvalue weighted by atomic mass is 10.1. The number of esters is 1. The molecule has 0 aliphatic heterocycles. The first-order valence-corrected chi connectivity index (χ1v) is 7.83. The average molecular weight is 350 g/mol. The Hall–Kier alpha value is -2.40. The zero-order valence-electron chi connectivity index (χ0n) is 13.3. The number of carbonyl (C=O) groups is 2. The maximum atomic E-state index is 13.4. The summed E-state index contributed by atoms with van der Waals surface area (Å²) in [6.07, 6.45) is 0. The van der Waals surface area contributed by atoms with E-state index >= 15 is 0 Å². The molecule has 6 heteroatoms. The minimum absolute atomic E-state index is 0.130. The van der Waals surface area contributed by atoms with Crippen molar-refractivity contribution < 1.29 is 18.7 Å². The molecule has 1 atom stereocenters. The van der Waals surface area contributed by atoms with Gasteiger partial charge in [0.15, 0.2) is 0 Å². The molecule has 0 N–H and O–H groups in total. The molecule has 126 valence electrons. The molecule has 1 amide bonds. The zero-order valence-corrected chi connectivity index (χ0v) is 14.1. The van der Waals surface area contributed by atoms with Crippen molar-refractivity contribution in [2.24, 2.45) is 0 Å². The predicted octanol–water partition coefficient (Wildman–Crippen LogP) is 4.08. The summed E-state index contributed by atoms with van der Waals surface area (Å²) in [5.41, 5.74) is 0.713. The van der Waals surface area contributed by atoms with E-state index in [-0.39, 0.29) is 11.6 Å². The molecule has 0 saturated heterocycles. The molecule has 0 aliphatic carbocycles. The molecule has 4 nitrogen and oxygen atoms in total. The van der Waals surface area contributed by atoms with E-state index in [1.807, 2.05) is 0 Å². The largest absolute Gasteiger partial charge is 0.464 e. The zero-order chi connectivity index (χ0) is 17.7. The quantitative estimate of drug-likeness (QED) is 0.764. The topological polar surface area (TPSA) is 46.6 Å². The summed E-state index contributed by atoms with van der Waals surface area (Å²) < 4.78 is 18.4. The van der Waals surface area contributed by atoms with Gasteiger partial charge >= 0.3 is 5.97 Å². The van der Waals surface area contributed by atoms with Gasteiger partial charge < -0.3 is 4.74 Å². The van der Waals surface area contributed by atoms with Crippen LogP contribution >= 0.6 is 11.6 Å². The van der Waals surface area contributed by atoms with E-state index in [2.05, 4.69) is 0 Å². The molecule has 0 bridgehead atoms. The van der Waals surface area contributed by atoms with E-state index in [1.54, 1.807) is 44.2 Å². The van der Waals surface area contributed by atoms with Crippen LogP contribution in [0.1, 0.15) is 24.2 Å². The fourth-order valence-corrected chi connectivity index (χ4v) is 2.41. The maximum absolute atomic E-state index is 13.4. The first kappa shape index (κ1) is 17.9. The molecule has 0 heterocycles. The van der Waals surface area contributed by atoms with Crippen molar-refractivity contribution in [2.45, 2.75) is 19.9 Å². The van der Waals surface area contributed by atoms with Crippen LogP contribution in [0.3, 0.4) is 0 Å². The van der Waals surface area contributed by atoms with Crippen LogP contribution < -0.4 is 4.90 Å². The number of rotatable bonds is 5. The summed E-state index contributed by atoms with van der Waals surface area (Å²) in [5, 5.41) is -0.130. The molecule has 0 unspecified atom stereocenters. The SMILES string of the molecule is CCOC(=O)[C@@H](C)N(C(=O)c1ccccc1)c1ccc(F)c(Cl)c1. The molecule has 0 radical (unpaired) electrons. The van der Waals surface area contributed by atoms with Gasteiger partial charge in [0.05, 0.1) is 11.6 Å². The lowest BCUT2D eigenvalue weighted by molar-refractivity contribution is -0.144. The second-order valence-electron chi connectivity index (χ2n) is 5.07. The first-order valence-electron chi connectivity index (χ1n) is 7.46. The van der Waals surface area contributed by atoms with Crippen molar-refractivity contribution in [3.05, 3.63) is 64.9 Å². The second-order valence-corrected chi connectivity index (χ2v) is 5.47. The number of nitrogens with zero attached hydrogens (tertiary/aromatic N) is 1. The van der Waals surface area contributed by atoms with Crippen LogP contribution in [0.4, 0.5) is 10.1 Å². The molecule has 2 aromatic carbocycles. The van der Waals surface area contributed by atoms with Gasteiger partial charge in [0.2, 0.25) is 0 Å². The van der Waals surface area contributed by atoms with Crippen LogP contribution in [0.5, 0.6) is 0 Å². The molecule has 0 fully saturated rings. The standard InChI is InChI=1S/C18H17ClFNO3/c1-3-24-18(23)12(2)21(14-9-10-16(20)15(19)11-14)17(22)13-7-5-4-6-8-13/h4-12H,3H2,1-2H3/t12-/m1/s1. The van der Waals surface area contributed by atoms with Crippen LogP contribution in [0.25, 0.3) is 0 Å². The monoisotopic (exact) mass is 349 g/mol. The van der Waals surface area contributed by atoms with E-state index < -0.39 is 23.7 Å². The lowest BCUT2D eigenvalue weighted by Gasteiger charge is -2.28. The Morgan fingerprint density at radius 1 is 1.21 bits per heavy atom. The third kappa shape index (κ3) is 3.92. The first-order chi connectivity index (χ1) is 11.5. The van der Waals surface area contributed by atoms with Crippen molar-refractivity contribution in [1.29, 1.82) is 0 Å². The van der Waals surface area contributed by atoms with Gasteiger partial charge in [-0.2, -0.15) is 0 Å². The van der Waals surface area contributed by atoms with Gasteiger partial charge in [-0.25, -0.2) is 9.18 Å². The second kappa shape index (κ2) is 7.93. The highest BCUT2D eigenvalue weighted by molar-refractivity contribution is 6.31. The number of hydrogen-bond acceptors (Lipinski definition) is 3. The van der Waals surface area contributed by atoms with Gasteiger partial charge in [0.25, 0.3) is 5.91 Å². The summed E-state index contributed by atoms with van der Waals surface area (Å²) in [6.45, 7) is 3.43. The van der Waals surface area contributed by atoms with Crippen LogP contribution in [0.15, 0.2) is 48.5 Å². The van der Waals surface area contributed by atoms with Gasteiger partial charge in [-0.05, 0) is 44.2 Å². The van der Waals surface area contributed by atoms with Gasteiger partial charge in [-0.15, -0.1) is 0 Å². The summed E-state index contributed by atoms with van der Waals surface area (Å²) in [6, 6.07) is 11.5. The third-order valence-electron chi connectivity index (χ3n) is 3.44. The van der Waals surface area contributed by atoms with Crippen LogP contribution in [-0.4, -0.2) is 24.5 Å². The van der Waals surface area contributed by atoms with Crippen molar-refractivity contribution in [3.8, 4) is 0 Å². The number of carbonyl (C=O) groups excluding carboxylic acids is 2. The molecule has 0 saturated carbocycles. The molecule has 2 aromatic rings. The third-order valence-corrected chi connectivity index (χ3v) is 3.73. The van der Waals surface area contributed by atoms with Gasteiger partial charge in [-0.1, -0.05) is 29.8 Å². The Balaban J connectivity index is 2.46. The van der Waals surface area contributed by atoms with E-state index in [1.165, 1.54) is 17.0 Å². The average Bonchev–Trinajstić information content (AvgIpc) is 2.59. The highest BCUT2D eigenvalue weighted by Gasteiger charge is 2.29. The summed E-state index contributed by atoms with van der Waals surface area (Å²) in [5.74, 6) is -1.56. The van der Waals surface area contributed by atoms with Crippen LogP contribution in [0, 0.1) is 5.82 Å². The van der Waals surface area contributed by atoms with Gasteiger partial charge in [0, 0.05) is 11.3 Å². The van der Waals surface area contributed by atoms with E-state index in [9.17, 15) is 14.0 Å². The van der Waals surface area contributed by atoms with Crippen LogP contribution in [-0.2, 0) is 9.53 Å². The Bertz CT molecular complexity index is 736. The summed E-state index contributed by atoms with van der Waals surface area (Å²) in [7, 11) is 0. The van der Waals surface area contributed by atoms with Crippen molar-refractivity contribution >= 4 is 29.2 Å². The molecule has 0 aromatic heterocycles. The van der Waals surface area contributed by atoms with Crippen LogP contribution in [0.2, 0.25) is 5.02 Å². The number of ether oxygens (including phenoxy) is 1. The highest BCUT2D eigenvalue weighted by atomic mass is 35.5. The molecular weight excluding hydrogens is 333 g/mol. The minimum atomic E-state index is -0.890. The molecule has 24 heavy (non-hydrogen) atoms. The molecule has 0 aliphatic rings. The van der Waals surface area contributed by atoms with E-state index in [4.69, 9.17) is 16.3 Å². The minimum Gasteiger partial charge on any atom is -0.464 e.